The van der Waals surface area contributed by atoms with Gasteiger partial charge in [0.1, 0.15) is 0 Å². The number of rotatable bonds is 2. The number of ether oxygens (including phenoxy) is 2. The molecule has 0 bridgehead atoms. The fraction of sp³-hybridized carbons (Fsp3) is 0.538. The van der Waals surface area contributed by atoms with E-state index >= 15 is 0 Å². The van der Waals surface area contributed by atoms with Gasteiger partial charge in [-0.05, 0) is 36.7 Å². The van der Waals surface area contributed by atoms with Crippen LogP contribution in [-0.2, 0) is 6.54 Å². The molecule has 4 heteroatoms. The van der Waals surface area contributed by atoms with Gasteiger partial charge in [0.15, 0.2) is 11.5 Å². The van der Waals surface area contributed by atoms with Crippen LogP contribution in [0.4, 0.5) is 0 Å². The summed E-state index contributed by atoms with van der Waals surface area (Å²) in [5.74, 6) is 1.45. The van der Waals surface area contributed by atoms with E-state index in [4.69, 9.17) is 9.47 Å². The fourth-order valence-electron chi connectivity index (χ4n) is 2.47. The zero-order valence-electron chi connectivity index (χ0n) is 10.8. The minimum absolute atomic E-state index is 0.456. The second-order valence-electron chi connectivity index (χ2n) is 4.52. The molecule has 1 heterocycles. The molecular formula is C13H19NO3. The van der Waals surface area contributed by atoms with Gasteiger partial charge < -0.3 is 14.6 Å². The first kappa shape index (κ1) is 12.2. The number of nitrogens with zero attached hydrogens (tertiary/aromatic N) is 1. The Hall–Kier alpha value is -1.26. The number of benzene rings is 1. The highest BCUT2D eigenvalue weighted by Crippen LogP contribution is 2.39. The van der Waals surface area contributed by atoms with Crippen LogP contribution in [0, 0.1) is 6.92 Å². The lowest BCUT2D eigenvalue weighted by molar-refractivity contribution is 0.107. The largest absolute Gasteiger partial charge is 0.493 e. The van der Waals surface area contributed by atoms with Crippen molar-refractivity contribution in [3.8, 4) is 11.5 Å². The summed E-state index contributed by atoms with van der Waals surface area (Å²) >= 11 is 0. The van der Waals surface area contributed by atoms with Crippen molar-refractivity contribution in [1.82, 2.24) is 4.90 Å². The monoisotopic (exact) mass is 237 g/mol. The van der Waals surface area contributed by atoms with Gasteiger partial charge in [0.2, 0.25) is 0 Å². The van der Waals surface area contributed by atoms with Gasteiger partial charge in [-0.25, -0.2) is 0 Å². The number of β-amino-alcohol motifs (C(OH)–C–C–N with tert-alkyl or cyclic N) is 1. The van der Waals surface area contributed by atoms with Crippen molar-refractivity contribution in [2.45, 2.75) is 19.6 Å². The van der Waals surface area contributed by atoms with E-state index in [1.807, 2.05) is 20.0 Å². The maximum Gasteiger partial charge on any atom is 0.163 e. The molecule has 0 saturated carbocycles. The number of methoxy groups -OCH3 is 2. The molecule has 1 aromatic rings. The number of hydrogen-bond donors (Lipinski definition) is 1. The first-order chi connectivity index (χ1) is 8.08. The highest BCUT2D eigenvalue weighted by Gasteiger charge is 2.26. The van der Waals surface area contributed by atoms with Gasteiger partial charge in [-0.1, -0.05) is 0 Å². The normalized spacial score (nSPS) is 19.9. The standard InChI is InChI=1S/C13H19NO3/c1-8-10-6-14(2)7-11(15)9(10)5-12(16-3)13(8)17-4/h5,11,15H,6-7H2,1-4H3/t11-/m1/s1. The van der Waals surface area contributed by atoms with E-state index in [-0.39, 0.29) is 0 Å². The van der Waals surface area contributed by atoms with Gasteiger partial charge in [-0.2, -0.15) is 0 Å². The van der Waals surface area contributed by atoms with E-state index in [0.29, 0.717) is 12.3 Å². The van der Waals surface area contributed by atoms with E-state index < -0.39 is 6.10 Å². The predicted octanol–water partition coefficient (Wildman–Crippen LogP) is 1.49. The van der Waals surface area contributed by atoms with Crippen molar-refractivity contribution in [3.63, 3.8) is 0 Å². The Labute approximate surface area is 102 Å². The molecule has 94 valence electrons. The van der Waals surface area contributed by atoms with E-state index in [1.165, 1.54) is 0 Å². The number of fused-ring (bicyclic) bond motifs is 1. The minimum atomic E-state index is -0.456. The molecule has 1 aliphatic heterocycles. The van der Waals surface area contributed by atoms with Gasteiger partial charge in [0.25, 0.3) is 0 Å². The topological polar surface area (TPSA) is 41.9 Å². The highest BCUT2D eigenvalue weighted by atomic mass is 16.5. The maximum atomic E-state index is 10.1. The van der Waals surface area contributed by atoms with Crippen LogP contribution < -0.4 is 9.47 Å². The third-order valence-corrected chi connectivity index (χ3v) is 3.35. The van der Waals surface area contributed by atoms with Gasteiger partial charge in [0, 0.05) is 13.1 Å². The van der Waals surface area contributed by atoms with Crippen molar-refractivity contribution in [3.05, 3.63) is 22.8 Å². The summed E-state index contributed by atoms with van der Waals surface area (Å²) in [5, 5.41) is 10.1. The zero-order chi connectivity index (χ0) is 12.6. The molecule has 1 aliphatic rings. The van der Waals surface area contributed by atoms with Gasteiger partial charge in [-0.15, -0.1) is 0 Å². The molecule has 0 amide bonds. The molecule has 4 nitrogen and oxygen atoms in total. The summed E-state index contributed by atoms with van der Waals surface area (Å²) in [6, 6.07) is 1.89. The summed E-state index contributed by atoms with van der Waals surface area (Å²) in [5.41, 5.74) is 3.15. The summed E-state index contributed by atoms with van der Waals surface area (Å²) in [6.07, 6.45) is -0.456. The van der Waals surface area contributed by atoms with Crippen LogP contribution in [0.25, 0.3) is 0 Å². The van der Waals surface area contributed by atoms with Crippen molar-refractivity contribution < 1.29 is 14.6 Å². The first-order valence-electron chi connectivity index (χ1n) is 5.69. The van der Waals surface area contributed by atoms with Crippen LogP contribution in [0.15, 0.2) is 6.07 Å². The molecule has 0 saturated heterocycles. The van der Waals surface area contributed by atoms with Crippen molar-refractivity contribution >= 4 is 0 Å². The molecule has 0 aromatic heterocycles. The maximum absolute atomic E-state index is 10.1. The molecule has 17 heavy (non-hydrogen) atoms. The quantitative estimate of drug-likeness (QED) is 0.846. The van der Waals surface area contributed by atoms with Crippen LogP contribution in [0.3, 0.4) is 0 Å². The second kappa shape index (κ2) is 4.55. The summed E-state index contributed by atoms with van der Waals surface area (Å²) in [6.45, 7) is 3.49. The Morgan fingerprint density at radius 1 is 1.35 bits per heavy atom. The molecule has 0 unspecified atom stereocenters. The fourth-order valence-corrected chi connectivity index (χ4v) is 2.47. The Morgan fingerprint density at radius 2 is 2.06 bits per heavy atom. The molecule has 0 fully saturated rings. The minimum Gasteiger partial charge on any atom is -0.493 e. The van der Waals surface area contributed by atoms with Crippen LogP contribution in [0.1, 0.15) is 22.8 Å². The van der Waals surface area contributed by atoms with Crippen LogP contribution in [0.5, 0.6) is 11.5 Å². The smallest absolute Gasteiger partial charge is 0.163 e. The van der Waals surface area contributed by atoms with Crippen LogP contribution in [-0.4, -0.2) is 37.8 Å². The molecule has 0 spiro atoms. The van der Waals surface area contributed by atoms with Crippen molar-refractivity contribution in [1.29, 1.82) is 0 Å². The lowest BCUT2D eigenvalue weighted by Gasteiger charge is -2.31. The number of aliphatic hydroxyl groups excluding tert-OH is 1. The van der Waals surface area contributed by atoms with Crippen LogP contribution >= 0.6 is 0 Å². The molecule has 2 rings (SSSR count). The summed E-state index contributed by atoms with van der Waals surface area (Å²) < 4.78 is 10.7. The summed E-state index contributed by atoms with van der Waals surface area (Å²) in [4.78, 5) is 2.10. The third kappa shape index (κ3) is 1.98. The average Bonchev–Trinajstić information content (AvgIpc) is 2.30. The van der Waals surface area contributed by atoms with E-state index in [9.17, 15) is 5.11 Å². The third-order valence-electron chi connectivity index (χ3n) is 3.35. The zero-order valence-corrected chi connectivity index (χ0v) is 10.8. The van der Waals surface area contributed by atoms with E-state index in [0.717, 1.165) is 29.0 Å². The highest BCUT2D eigenvalue weighted by molar-refractivity contribution is 5.55. The molecule has 0 radical (unpaired) electrons. The molecular weight excluding hydrogens is 218 g/mol. The number of likely N-dealkylation sites (N-methyl/N-ethyl adjacent to an activating group) is 1. The Balaban J connectivity index is 2.60. The number of aliphatic hydroxyl groups is 1. The molecule has 1 N–H and O–H groups in total. The second-order valence-corrected chi connectivity index (χ2v) is 4.52. The average molecular weight is 237 g/mol. The summed E-state index contributed by atoms with van der Waals surface area (Å²) in [7, 11) is 5.26. The Morgan fingerprint density at radius 3 is 2.65 bits per heavy atom. The Bertz CT molecular complexity index is 431. The number of hydrogen-bond acceptors (Lipinski definition) is 4. The van der Waals surface area contributed by atoms with E-state index in [1.54, 1.807) is 14.2 Å². The van der Waals surface area contributed by atoms with Crippen molar-refractivity contribution in [2.75, 3.05) is 27.8 Å². The molecule has 0 aliphatic carbocycles. The molecule has 1 atom stereocenters. The van der Waals surface area contributed by atoms with Crippen LogP contribution in [0.2, 0.25) is 0 Å². The van der Waals surface area contributed by atoms with E-state index in [2.05, 4.69) is 4.90 Å². The predicted molar refractivity (Wildman–Crippen MR) is 65.6 cm³/mol. The van der Waals surface area contributed by atoms with Gasteiger partial charge >= 0.3 is 0 Å². The van der Waals surface area contributed by atoms with Gasteiger partial charge in [0.05, 0.1) is 20.3 Å². The lowest BCUT2D eigenvalue weighted by Crippen LogP contribution is -2.31. The Kier molecular flexibility index (Phi) is 3.26. The van der Waals surface area contributed by atoms with Crippen molar-refractivity contribution in [2.24, 2.45) is 0 Å². The SMILES string of the molecule is COc1cc2c(c(C)c1OC)CN(C)C[C@H]2O. The molecule has 1 aromatic carbocycles. The lowest BCUT2D eigenvalue weighted by atomic mass is 9.92. The first-order valence-corrected chi connectivity index (χ1v) is 5.69. The van der Waals surface area contributed by atoms with Gasteiger partial charge in [-0.3, -0.25) is 4.90 Å².